The molecule has 3 rings (SSSR count). The quantitative estimate of drug-likeness (QED) is 0.330. The first kappa shape index (κ1) is 22.1. The van der Waals surface area contributed by atoms with Crippen molar-refractivity contribution in [3.8, 4) is 11.5 Å². The van der Waals surface area contributed by atoms with Crippen LogP contribution >= 0.6 is 15.9 Å². The standard InChI is InChI=1S/C22H21BrN4O4/c1-2-30-19-11-14(12-25-27-22(24)29)10-17(23)21(19)31-13-20(28)26-18-9-5-7-15-6-3-4-8-16(15)18/h3-12H,2,13H2,1H3,(H,26,28)(H3,24,27,29)/b25-12-. The predicted molar refractivity (Wildman–Crippen MR) is 124 cm³/mol. The molecule has 0 unspecified atom stereocenters. The number of carbonyl (C=O) groups excluding carboxylic acids is 2. The van der Waals surface area contributed by atoms with Crippen molar-refractivity contribution in [2.24, 2.45) is 10.8 Å². The summed E-state index contributed by atoms with van der Waals surface area (Å²) in [5.41, 5.74) is 8.46. The molecule has 0 fully saturated rings. The Morgan fingerprint density at radius 1 is 1.13 bits per heavy atom. The van der Waals surface area contributed by atoms with Gasteiger partial charge in [0.15, 0.2) is 18.1 Å². The van der Waals surface area contributed by atoms with E-state index in [1.807, 2.05) is 49.4 Å². The molecule has 0 saturated carbocycles. The molecule has 0 heterocycles. The van der Waals surface area contributed by atoms with E-state index < -0.39 is 6.03 Å². The molecular weight excluding hydrogens is 464 g/mol. The van der Waals surface area contributed by atoms with Gasteiger partial charge in [0.1, 0.15) is 0 Å². The fourth-order valence-corrected chi connectivity index (χ4v) is 3.47. The molecule has 0 aromatic heterocycles. The number of urea groups is 1. The lowest BCUT2D eigenvalue weighted by molar-refractivity contribution is -0.118. The number of hydrazone groups is 1. The van der Waals surface area contributed by atoms with Crippen LogP contribution in [-0.4, -0.2) is 31.4 Å². The maximum Gasteiger partial charge on any atom is 0.332 e. The lowest BCUT2D eigenvalue weighted by Crippen LogP contribution is -2.24. The largest absolute Gasteiger partial charge is 0.490 e. The van der Waals surface area contributed by atoms with Gasteiger partial charge >= 0.3 is 6.03 Å². The molecule has 0 aliphatic heterocycles. The van der Waals surface area contributed by atoms with Gasteiger partial charge in [-0.05, 0) is 52.0 Å². The second kappa shape index (κ2) is 10.4. The minimum absolute atomic E-state index is 0.210. The number of nitrogens with zero attached hydrogens (tertiary/aromatic N) is 1. The molecule has 0 aliphatic rings. The highest BCUT2D eigenvalue weighted by Crippen LogP contribution is 2.36. The van der Waals surface area contributed by atoms with E-state index in [0.29, 0.717) is 33.8 Å². The third kappa shape index (κ3) is 5.95. The number of rotatable bonds is 8. The number of primary amides is 1. The molecule has 160 valence electrons. The zero-order valence-electron chi connectivity index (χ0n) is 16.7. The molecule has 0 radical (unpaired) electrons. The number of fused-ring (bicyclic) bond motifs is 1. The Morgan fingerprint density at radius 2 is 1.90 bits per heavy atom. The lowest BCUT2D eigenvalue weighted by atomic mass is 10.1. The van der Waals surface area contributed by atoms with Gasteiger partial charge in [0.25, 0.3) is 5.91 Å². The maximum atomic E-state index is 12.5. The zero-order valence-corrected chi connectivity index (χ0v) is 18.3. The third-order valence-corrected chi connectivity index (χ3v) is 4.72. The molecule has 0 aliphatic carbocycles. The van der Waals surface area contributed by atoms with Crippen LogP contribution in [0.1, 0.15) is 12.5 Å². The summed E-state index contributed by atoms with van der Waals surface area (Å²) >= 11 is 3.43. The number of hydrogen-bond acceptors (Lipinski definition) is 5. The number of nitrogens with one attached hydrogen (secondary N) is 2. The second-order valence-electron chi connectivity index (χ2n) is 6.36. The first-order valence-electron chi connectivity index (χ1n) is 9.43. The maximum absolute atomic E-state index is 12.5. The van der Waals surface area contributed by atoms with Crippen molar-refractivity contribution < 1.29 is 19.1 Å². The van der Waals surface area contributed by atoms with E-state index in [0.717, 1.165) is 10.8 Å². The van der Waals surface area contributed by atoms with E-state index in [4.69, 9.17) is 15.2 Å². The summed E-state index contributed by atoms with van der Waals surface area (Å²) in [5, 5.41) is 8.59. The molecule has 8 nitrogen and oxygen atoms in total. The molecule has 0 spiro atoms. The fraction of sp³-hybridized carbons (Fsp3) is 0.136. The second-order valence-corrected chi connectivity index (χ2v) is 7.22. The van der Waals surface area contributed by atoms with Gasteiger partial charge < -0.3 is 20.5 Å². The van der Waals surface area contributed by atoms with E-state index in [1.165, 1.54) is 6.21 Å². The van der Waals surface area contributed by atoms with Crippen molar-refractivity contribution in [3.05, 3.63) is 64.6 Å². The Kier molecular flexibility index (Phi) is 7.45. The smallest absolute Gasteiger partial charge is 0.332 e. The van der Waals surface area contributed by atoms with Crippen molar-refractivity contribution in [1.82, 2.24) is 5.43 Å². The van der Waals surface area contributed by atoms with Crippen LogP contribution in [0.4, 0.5) is 10.5 Å². The topological polar surface area (TPSA) is 115 Å². The molecule has 31 heavy (non-hydrogen) atoms. The van der Waals surface area contributed by atoms with E-state index in [-0.39, 0.29) is 12.5 Å². The fourth-order valence-electron chi connectivity index (χ4n) is 2.89. The van der Waals surface area contributed by atoms with Gasteiger partial charge in [-0.25, -0.2) is 10.2 Å². The number of halogens is 1. The van der Waals surface area contributed by atoms with E-state index in [9.17, 15) is 9.59 Å². The molecule has 0 atom stereocenters. The number of amides is 3. The lowest BCUT2D eigenvalue weighted by Gasteiger charge is -2.15. The number of ether oxygens (including phenoxy) is 2. The molecule has 3 aromatic rings. The summed E-state index contributed by atoms with van der Waals surface area (Å²) in [6, 6.07) is 16.1. The Morgan fingerprint density at radius 3 is 2.68 bits per heavy atom. The average molecular weight is 485 g/mol. The van der Waals surface area contributed by atoms with Crippen LogP contribution in [0.15, 0.2) is 64.2 Å². The van der Waals surface area contributed by atoms with E-state index >= 15 is 0 Å². The molecular formula is C22H21BrN4O4. The summed E-state index contributed by atoms with van der Waals surface area (Å²) in [7, 11) is 0. The summed E-state index contributed by atoms with van der Waals surface area (Å²) in [6.07, 6.45) is 1.41. The minimum atomic E-state index is -0.766. The number of hydrogen-bond donors (Lipinski definition) is 3. The third-order valence-electron chi connectivity index (χ3n) is 4.13. The van der Waals surface area contributed by atoms with Gasteiger partial charge in [-0.2, -0.15) is 5.10 Å². The highest BCUT2D eigenvalue weighted by molar-refractivity contribution is 9.10. The van der Waals surface area contributed by atoms with Crippen LogP contribution in [0.3, 0.4) is 0 Å². The SMILES string of the molecule is CCOc1cc(/C=N\NC(N)=O)cc(Br)c1OCC(=O)Nc1cccc2ccccc12. The Hall–Kier alpha value is -3.59. The summed E-state index contributed by atoms with van der Waals surface area (Å²) < 4.78 is 11.9. The summed E-state index contributed by atoms with van der Waals surface area (Å²) in [4.78, 5) is 23.3. The molecule has 3 amide bonds. The highest BCUT2D eigenvalue weighted by atomic mass is 79.9. The number of nitrogens with two attached hydrogens (primary N) is 1. The Balaban J connectivity index is 1.73. The Bertz CT molecular complexity index is 1130. The number of benzene rings is 3. The molecule has 0 bridgehead atoms. The first-order valence-corrected chi connectivity index (χ1v) is 10.2. The highest BCUT2D eigenvalue weighted by Gasteiger charge is 2.14. The van der Waals surface area contributed by atoms with Gasteiger partial charge in [-0.1, -0.05) is 36.4 Å². The molecule has 9 heteroatoms. The normalized spacial score (nSPS) is 10.8. The number of anilines is 1. The van der Waals surface area contributed by atoms with E-state index in [1.54, 1.807) is 12.1 Å². The van der Waals surface area contributed by atoms with Crippen LogP contribution in [0.5, 0.6) is 11.5 Å². The predicted octanol–water partition coefficient (Wildman–Crippen LogP) is 4.02. The van der Waals surface area contributed by atoms with Gasteiger partial charge in [0, 0.05) is 11.1 Å². The van der Waals surface area contributed by atoms with Crippen LogP contribution in [0.2, 0.25) is 0 Å². The van der Waals surface area contributed by atoms with Crippen LogP contribution in [0.25, 0.3) is 10.8 Å². The Labute approximate surface area is 187 Å². The van der Waals surface area contributed by atoms with Crippen LogP contribution in [0, 0.1) is 0 Å². The van der Waals surface area contributed by atoms with Crippen LogP contribution in [-0.2, 0) is 4.79 Å². The van der Waals surface area contributed by atoms with E-state index in [2.05, 4.69) is 31.8 Å². The van der Waals surface area contributed by atoms with Crippen molar-refractivity contribution in [1.29, 1.82) is 0 Å². The average Bonchev–Trinajstić information content (AvgIpc) is 2.73. The summed E-state index contributed by atoms with van der Waals surface area (Å²) in [6.45, 7) is 2.02. The first-order chi connectivity index (χ1) is 15.0. The molecule has 4 N–H and O–H groups in total. The summed E-state index contributed by atoms with van der Waals surface area (Å²) in [5.74, 6) is 0.507. The van der Waals surface area contributed by atoms with Gasteiger partial charge in [-0.15, -0.1) is 0 Å². The monoisotopic (exact) mass is 484 g/mol. The van der Waals surface area contributed by atoms with Gasteiger partial charge in [-0.3, -0.25) is 4.79 Å². The molecule has 0 saturated heterocycles. The zero-order chi connectivity index (χ0) is 22.2. The van der Waals surface area contributed by atoms with Crippen molar-refractivity contribution >= 4 is 50.5 Å². The minimum Gasteiger partial charge on any atom is -0.490 e. The van der Waals surface area contributed by atoms with Crippen LogP contribution < -0.4 is 25.9 Å². The van der Waals surface area contributed by atoms with Gasteiger partial charge in [0.2, 0.25) is 0 Å². The van der Waals surface area contributed by atoms with Crippen molar-refractivity contribution in [2.75, 3.05) is 18.5 Å². The van der Waals surface area contributed by atoms with Crippen molar-refractivity contribution in [2.45, 2.75) is 6.92 Å². The number of carbonyl (C=O) groups is 2. The van der Waals surface area contributed by atoms with Crippen molar-refractivity contribution in [3.63, 3.8) is 0 Å². The molecule has 3 aromatic carbocycles. The van der Waals surface area contributed by atoms with Gasteiger partial charge in [0.05, 0.1) is 17.3 Å².